The Kier molecular flexibility index (Phi) is 7.86. The first-order valence-corrected chi connectivity index (χ1v) is 11.5. The lowest BCUT2D eigenvalue weighted by atomic mass is 10.1. The molecule has 0 aliphatic heterocycles. The van der Waals surface area contributed by atoms with Crippen LogP contribution in [-0.4, -0.2) is 35.2 Å². The summed E-state index contributed by atoms with van der Waals surface area (Å²) in [5.41, 5.74) is 5.30. The smallest absolute Gasteiger partial charge is 0.387 e. The number of carboxylic acid groups (broad SMARTS) is 1. The zero-order valence-electron chi connectivity index (χ0n) is 19.9. The van der Waals surface area contributed by atoms with Gasteiger partial charge in [-0.15, -0.1) is 0 Å². The molecule has 1 heterocycles. The third-order valence-corrected chi connectivity index (χ3v) is 5.66. The van der Waals surface area contributed by atoms with Crippen LogP contribution >= 0.6 is 0 Å². The van der Waals surface area contributed by atoms with Crippen molar-refractivity contribution in [3.8, 4) is 23.0 Å². The Morgan fingerprint density at radius 3 is 2.53 bits per heavy atom. The number of benzene rings is 2. The molecule has 0 unspecified atom stereocenters. The molecule has 4 rings (SSSR count). The number of nitrogens with zero attached hydrogens (tertiary/aromatic N) is 1. The first-order valence-electron chi connectivity index (χ1n) is 11.5. The summed E-state index contributed by atoms with van der Waals surface area (Å²) in [5, 5.41) is 11.7. The third kappa shape index (κ3) is 6.22. The van der Waals surface area contributed by atoms with Crippen LogP contribution in [0.1, 0.15) is 53.7 Å². The van der Waals surface area contributed by atoms with E-state index < -0.39 is 47.8 Å². The van der Waals surface area contributed by atoms with E-state index in [1.165, 1.54) is 25.1 Å². The molecule has 1 saturated carbocycles. The van der Waals surface area contributed by atoms with Gasteiger partial charge in [0.05, 0.1) is 12.6 Å². The van der Waals surface area contributed by atoms with E-state index in [0.717, 1.165) is 25.0 Å². The molecule has 1 aliphatic rings. The Bertz CT molecular complexity index is 1340. The Morgan fingerprint density at radius 2 is 1.92 bits per heavy atom. The highest BCUT2D eigenvalue weighted by Gasteiger charge is 2.30. The van der Waals surface area contributed by atoms with E-state index in [-0.39, 0.29) is 34.4 Å². The fourth-order valence-corrected chi connectivity index (χ4v) is 3.57. The number of amides is 1. The van der Waals surface area contributed by atoms with Crippen LogP contribution in [0.4, 0.5) is 17.6 Å². The van der Waals surface area contributed by atoms with E-state index in [1.807, 2.05) is 0 Å². The summed E-state index contributed by atoms with van der Waals surface area (Å²) in [4.78, 5) is 29.0. The fraction of sp³-hybridized carbons (Fsp3) is 0.320. The van der Waals surface area contributed by atoms with Gasteiger partial charge in [0.15, 0.2) is 29.0 Å². The van der Waals surface area contributed by atoms with Crippen molar-refractivity contribution in [1.82, 2.24) is 10.3 Å². The number of rotatable bonds is 11. The number of aromatic nitrogens is 1. The second kappa shape index (κ2) is 11.1. The molecule has 1 aliphatic carbocycles. The van der Waals surface area contributed by atoms with Crippen molar-refractivity contribution in [2.75, 3.05) is 6.61 Å². The molecule has 13 heteroatoms. The van der Waals surface area contributed by atoms with Crippen LogP contribution < -0.4 is 20.5 Å². The van der Waals surface area contributed by atoms with Crippen molar-refractivity contribution in [3.63, 3.8) is 0 Å². The lowest BCUT2D eigenvalue weighted by Gasteiger charge is -2.15. The topological polar surface area (TPSA) is 137 Å². The number of nitrogens with one attached hydrogen (secondary N) is 1. The second-order valence-corrected chi connectivity index (χ2v) is 8.73. The average Bonchev–Trinajstić information content (AvgIpc) is 3.56. The summed E-state index contributed by atoms with van der Waals surface area (Å²) in [7, 11) is 0. The molecule has 4 N–H and O–H groups in total. The van der Waals surface area contributed by atoms with Gasteiger partial charge in [0.2, 0.25) is 5.89 Å². The van der Waals surface area contributed by atoms with E-state index in [2.05, 4.69) is 15.0 Å². The summed E-state index contributed by atoms with van der Waals surface area (Å²) in [6.45, 7) is -1.30. The minimum atomic E-state index is -3.08. The van der Waals surface area contributed by atoms with Crippen molar-refractivity contribution in [3.05, 3.63) is 65.1 Å². The number of ether oxygens (including phenoxy) is 2. The molecule has 0 spiro atoms. The molecule has 3 aromatic rings. The van der Waals surface area contributed by atoms with Gasteiger partial charge in [-0.25, -0.2) is 18.6 Å². The van der Waals surface area contributed by atoms with Gasteiger partial charge in [-0.2, -0.15) is 8.78 Å². The molecule has 2 aromatic carbocycles. The van der Waals surface area contributed by atoms with Crippen molar-refractivity contribution >= 4 is 11.9 Å². The second-order valence-electron chi connectivity index (χ2n) is 8.73. The molecular weight excluding hydrogens is 514 g/mol. The highest BCUT2D eigenvalue weighted by Crippen LogP contribution is 2.37. The van der Waals surface area contributed by atoms with Gasteiger partial charge < -0.3 is 30.0 Å². The van der Waals surface area contributed by atoms with Gasteiger partial charge in [0.1, 0.15) is 11.6 Å². The summed E-state index contributed by atoms with van der Waals surface area (Å²) >= 11 is 0. The average molecular weight is 537 g/mol. The largest absolute Gasteiger partial charge is 0.489 e. The van der Waals surface area contributed by atoms with Crippen molar-refractivity contribution < 1.29 is 46.1 Å². The lowest BCUT2D eigenvalue weighted by molar-refractivity contribution is -0.139. The van der Waals surface area contributed by atoms with E-state index in [4.69, 9.17) is 14.9 Å². The molecular formula is C25H23F4N3O6. The number of carboxylic acids is 1. The standard InChI is InChI=1S/C25H23F4N3O6/c1-11(30)21-20(22(33)31-19(24(34)35)15-6-5-14(26)9-16(15)27)32-23(38-21)13-4-7-17(37-25(28)29)18(8-13)36-10-12-2-3-12/h4-9,11-12,19,25H,2-3,10,30H2,1H3,(H,31,33)(H,34,35)/t11-,19+/m0/s1. The highest BCUT2D eigenvalue weighted by atomic mass is 19.3. The molecule has 1 aromatic heterocycles. The number of alkyl halides is 2. The van der Waals surface area contributed by atoms with E-state index in [0.29, 0.717) is 18.6 Å². The van der Waals surface area contributed by atoms with E-state index in [9.17, 15) is 32.3 Å². The third-order valence-electron chi connectivity index (χ3n) is 5.66. The molecule has 0 saturated heterocycles. The number of carbonyl (C=O) groups excluding carboxylic acids is 1. The first-order chi connectivity index (χ1) is 18.0. The van der Waals surface area contributed by atoms with Crippen molar-refractivity contribution in [1.29, 1.82) is 0 Å². The Balaban J connectivity index is 1.65. The van der Waals surface area contributed by atoms with Crippen LogP contribution in [0.3, 0.4) is 0 Å². The van der Waals surface area contributed by atoms with Crippen molar-refractivity contribution in [2.45, 2.75) is 38.5 Å². The molecule has 9 nitrogen and oxygen atoms in total. The quantitative estimate of drug-likeness (QED) is 0.302. The Labute approximate surface area is 213 Å². The fourth-order valence-electron chi connectivity index (χ4n) is 3.57. The van der Waals surface area contributed by atoms with Gasteiger partial charge in [-0.3, -0.25) is 4.79 Å². The van der Waals surface area contributed by atoms with Gasteiger partial charge >= 0.3 is 12.6 Å². The van der Waals surface area contributed by atoms with E-state index >= 15 is 0 Å². The van der Waals surface area contributed by atoms with Crippen molar-refractivity contribution in [2.24, 2.45) is 11.7 Å². The number of oxazole rings is 1. The van der Waals surface area contributed by atoms with Crippen LogP contribution in [0.2, 0.25) is 0 Å². The minimum Gasteiger partial charge on any atom is -0.489 e. The van der Waals surface area contributed by atoms with Crippen LogP contribution in [0.15, 0.2) is 40.8 Å². The highest BCUT2D eigenvalue weighted by molar-refractivity contribution is 5.96. The SMILES string of the molecule is C[C@H](N)c1oc(-c2ccc(OC(F)F)c(OCC3CC3)c2)nc1C(=O)N[C@@H](C(=O)O)c1ccc(F)cc1F. The number of nitrogens with two attached hydrogens (primary N) is 1. The Morgan fingerprint density at radius 1 is 1.18 bits per heavy atom. The maximum Gasteiger partial charge on any atom is 0.387 e. The monoisotopic (exact) mass is 537 g/mol. The molecule has 0 bridgehead atoms. The molecule has 202 valence electrons. The number of halogens is 4. The van der Waals surface area contributed by atoms with Crippen LogP contribution in [0.25, 0.3) is 11.5 Å². The lowest BCUT2D eigenvalue weighted by Crippen LogP contribution is -2.35. The molecule has 38 heavy (non-hydrogen) atoms. The molecule has 0 radical (unpaired) electrons. The summed E-state index contributed by atoms with van der Waals surface area (Å²) in [5.74, 6) is -4.88. The predicted molar refractivity (Wildman–Crippen MR) is 124 cm³/mol. The first kappa shape index (κ1) is 26.9. The molecule has 2 atom stereocenters. The van der Waals surface area contributed by atoms with Gasteiger partial charge in [0.25, 0.3) is 5.91 Å². The Hall–Kier alpha value is -4.13. The predicted octanol–water partition coefficient (Wildman–Crippen LogP) is 4.59. The van der Waals surface area contributed by atoms with Crippen LogP contribution in [0.5, 0.6) is 11.5 Å². The summed E-state index contributed by atoms with van der Waals surface area (Å²) in [6.07, 6.45) is 1.92. The number of aliphatic carboxylic acids is 1. The number of hydrogen-bond donors (Lipinski definition) is 3. The zero-order valence-corrected chi connectivity index (χ0v) is 19.9. The normalized spacial score (nSPS) is 14.7. The minimum absolute atomic E-state index is 0.0129. The maximum atomic E-state index is 14.2. The van der Waals surface area contributed by atoms with Gasteiger partial charge in [-0.1, -0.05) is 6.07 Å². The zero-order chi connectivity index (χ0) is 27.6. The van der Waals surface area contributed by atoms with Crippen LogP contribution in [0, 0.1) is 17.6 Å². The maximum absolute atomic E-state index is 14.2. The summed E-state index contributed by atoms with van der Waals surface area (Å²) < 4.78 is 69.0. The number of hydrogen-bond acceptors (Lipinski definition) is 7. The molecule has 1 amide bonds. The van der Waals surface area contributed by atoms with Crippen LogP contribution in [-0.2, 0) is 4.79 Å². The van der Waals surface area contributed by atoms with E-state index in [1.54, 1.807) is 0 Å². The number of carbonyl (C=O) groups is 2. The van der Waals surface area contributed by atoms with Gasteiger partial charge in [0, 0.05) is 17.2 Å². The summed E-state index contributed by atoms with van der Waals surface area (Å²) in [6, 6.07) is 3.43. The van der Waals surface area contributed by atoms with Gasteiger partial charge in [-0.05, 0) is 49.9 Å². The molecule has 1 fully saturated rings.